The van der Waals surface area contributed by atoms with Gasteiger partial charge >= 0.3 is 11.9 Å². The first-order valence-corrected chi connectivity index (χ1v) is 6.85. The smallest absolute Gasteiger partial charge is 0.337 e. The molecule has 0 spiro atoms. The quantitative estimate of drug-likeness (QED) is 0.741. The maximum Gasteiger partial charge on any atom is 0.337 e. The van der Waals surface area contributed by atoms with Crippen molar-refractivity contribution < 1.29 is 19.8 Å². The molecule has 2 aromatic rings. The predicted octanol–water partition coefficient (Wildman–Crippen LogP) is 3.52. The molecule has 3 N–H and O–H groups in total. The highest BCUT2D eigenvalue weighted by molar-refractivity contribution is 7.81. The second-order valence-electron chi connectivity index (χ2n) is 4.30. The molecule has 0 unspecified atom stereocenters. The van der Waals surface area contributed by atoms with Crippen LogP contribution in [0.2, 0.25) is 5.02 Å². The van der Waals surface area contributed by atoms with Crippen molar-refractivity contribution in [1.82, 2.24) is 0 Å². The SMILES string of the molecule is O=C(O)c1ccc(NC(=S)c2ccccc2C(=O)O)cc1Cl. The molecule has 2 aromatic carbocycles. The Hall–Kier alpha value is -2.44. The number of carboxylic acid groups (broad SMARTS) is 2. The summed E-state index contributed by atoms with van der Waals surface area (Å²) in [5.41, 5.74) is 0.890. The summed E-state index contributed by atoms with van der Waals surface area (Å²) < 4.78 is 0. The van der Waals surface area contributed by atoms with E-state index in [2.05, 4.69) is 5.32 Å². The summed E-state index contributed by atoms with van der Waals surface area (Å²) in [6.07, 6.45) is 0. The predicted molar refractivity (Wildman–Crippen MR) is 87.1 cm³/mol. The minimum absolute atomic E-state index is 0.0240. The van der Waals surface area contributed by atoms with Crippen LogP contribution in [0.15, 0.2) is 42.5 Å². The highest BCUT2D eigenvalue weighted by Gasteiger charge is 2.14. The van der Waals surface area contributed by atoms with Crippen LogP contribution in [0.4, 0.5) is 5.69 Å². The van der Waals surface area contributed by atoms with Crippen LogP contribution in [0.1, 0.15) is 26.3 Å². The third kappa shape index (κ3) is 3.41. The largest absolute Gasteiger partial charge is 0.478 e. The first-order chi connectivity index (χ1) is 10.4. The Morgan fingerprint density at radius 2 is 1.55 bits per heavy atom. The van der Waals surface area contributed by atoms with Gasteiger partial charge < -0.3 is 15.5 Å². The van der Waals surface area contributed by atoms with Gasteiger partial charge in [-0.05, 0) is 24.3 Å². The Morgan fingerprint density at radius 3 is 2.09 bits per heavy atom. The molecule has 0 saturated carbocycles. The Morgan fingerprint density at radius 1 is 0.955 bits per heavy atom. The van der Waals surface area contributed by atoms with E-state index in [1.165, 1.54) is 24.3 Å². The third-order valence-electron chi connectivity index (χ3n) is 2.86. The summed E-state index contributed by atoms with van der Waals surface area (Å²) in [4.78, 5) is 22.3. The molecule has 0 saturated heterocycles. The molecule has 2 rings (SSSR count). The second-order valence-corrected chi connectivity index (χ2v) is 5.12. The Bertz CT molecular complexity index is 776. The summed E-state index contributed by atoms with van der Waals surface area (Å²) in [5.74, 6) is -2.21. The fraction of sp³-hybridized carbons (Fsp3) is 0. The van der Waals surface area contributed by atoms with Crippen LogP contribution < -0.4 is 5.32 Å². The minimum Gasteiger partial charge on any atom is -0.478 e. The van der Waals surface area contributed by atoms with Gasteiger partial charge in [0.05, 0.1) is 16.1 Å². The molecular formula is C15H10ClNO4S. The lowest BCUT2D eigenvalue weighted by atomic mass is 10.1. The number of carboxylic acids is 2. The number of benzene rings is 2. The summed E-state index contributed by atoms with van der Waals surface area (Å²) in [7, 11) is 0. The molecule has 22 heavy (non-hydrogen) atoms. The van der Waals surface area contributed by atoms with Gasteiger partial charge in [0.2, 0.25) is 0 Å². The van der Waals surface area contributed by atoms with Crippen molar-refractivity contribution in [2.45, 2.75) is 0 Å². The van der Waals surface area contributed by atoms with E-state index in [1.54, 1.807) is 18.2 Å². The van der Waals surface area contributed by atoms with Crippen LogP contribution in [0.25, 0.3) is 0 Å². The molecular weight excluding hydrogens is 326 g/mol. The van der Waals surface area contributed by atoms with Gasteiger partial charge in [-0.15, -0.1) is 0 Å². The molecule has 0 amide bonds. The summed E-state index contributed by atoms with van der Waals surface area (Å²) >= 11 is 11.1. The molecule has 0 heterocycles. The van der Waals surface area contributed by atoms with E-state index in [4.69, 9.17) is 34.0 Å². The highest BCUT2D eigenvalue weighted by atomic mass is 35.5. The topological polar surface area (TPSA) is 86.6 Å². The number of aromatic carboxylic acids is 2. The fourth-order valence-corrected chi connectivity index (χ4v) is 2.39. The lowest BCUT2D eigenvalue weighted by Gasteiger charge is -2.11. The number of hydrogen-bond acceptors (Lipinski definition) is 3. The van der Waals surface area contributed by atoms with E-state index in [0.717, 1.165) is 0 Å². The molecule has 5 nitrogen and oxygen atoms in total. The maximum atomic E-state index is 11.2. The molecule has 0 atom stereocenters. The van der Waals surface area contributed by atoms with Gasteiger partial charge in [0, 0.05) is 11.3 Å². The summed E-state index contributed by atoms with van der Waals surface area (Å²) in [5, 5.41) is 21.0. The molecule has 0 radical (unpaired) electrons. The van der Waals surface area contributed by atoms with Gasteiger partial charge in [-0.3, -0.25) is 0 Å². The summed E-state index contributed by atoms with van der Waals surface area (Å²) in [6.45, 7) is 0. The Labute approximate surface area is 136 Å². The highest BCUT2D eigenvalue weighted by Crippen LogP contribution is 2.22. The van der Waals surface area contributed by atoms with Crippen molar-refractivity contribution in [2.24, 2.45) is 0 Å². The monoisotopic (exact) mass is 335 g/mol. The zero-order chi connectivity index (χ0) is 16.3. The average molecular weight is 336 g/mol. The zero-order valence-electron chi connectivity index (χ0n) is 11.0. The van der Waals surface area contributed by atoms with E-state index in [-0.39, 0.29) is 21.1 Å². The van der Waals surface area contributed by atoms with E-state index in [0.29, 0.717) is 11.3 Å². The van der Waals surface area contributed by atoms with Crippen molar-refractivity contribution in [2.75, 3.05) is 5.32 Å². The molecule has 0 aromatic heterocycles. The van der Waals surface area contributed by atoms with Crippen molar-refractivity contribution in [1.29, 1.82) is 0 Å². The van der Waals surface area contributed by atoms with Crippen molar-refractivity contribution in [3.8, 4) is 0 Å². The van der Waals surface area contributed by atoms with Crippen LogP contribution in [0.3, 0.4) is 0 Å². The second kappa shape index (κ2) is 6.55. The van der Waals surface area contributed by atoms with E-state index < -0.39 is 11.9 Å². The normalized spacial score (nSPS) is 10.0. The van der Waals surface area contributed by atoms with Gasteiger partial charge in [-0.1, -0.05) is 42.0 Å². The first kappa shape index (κ1) is 15.9. The number of carbonyl (C=O) groups is 2. The third-order valence-corrected chi connectivity index (χ3v) is 3.49. The number of halogens is 1. The van der Waals surface area contributed by atoms with Crippen LogP contribution in [-0.2, 0) is 0 Å². The van der Waals surface area contributed by atoms with Crippen molar-refractivity contribution >= 4 is 46.4 Å². The number of rotatable bonds is 4. The Kier molecular flexibility index (Phi) is 4.75. The van der Waals surface area contributed by atoms with Crippen LogP contribution in [-0.4, -0.2) is 27.1 Å². The lowest BCUT2D eigenvalue weighted by molar-refractivity contribution is 0.0686. The van der Waals surface area contributed by atoms with Crippen LogP contribution >= 0.6 is 23.8 Å². The Balaban J connectivity index is 2.28. The fourth-order valence-electron chi connectivity index (χ4n) is 1.83. The van der Waals surface area contributed by atoms with Gasteiger partial charge in [-0.2, -0.15) is 0 Å². The number of anilines is 1. The van der Waals surface area contributed by atoms with Crippen LogP contribution in [0.5, 0.6) is 0 Å². The van der Waals surface area contributed by atoms with Crippen molar-refractivity contribution in [3.63, 3.8) is 0 Å². The van der Waals surface area contributed by atoms with E-state index >= 15 is 0 Å². The van der Waals surface area contributed by atoms with E-state index in [1.807, 2.05) is 0 Å². The lowest BCUT2D eigenvalue weighted by Crippen LogP contribution is -2.15. The molecule has 0 fully saturated rings. The molecule has 0 aliphatic carbocycles. The first-order valence-electron chi connectivity index (χ1n) is 6.06. The van der Waals surface area contributed by atoms with E-state index in [9.17, 15) is 9.59 Å². The molecule has 7 heteroatoms. The van der Waals surface area contributed by atoms with Gasteiger partial charge in [0.15, 0.2) is 0 Å². The number of thiocarbonyl (C=S) groups is 1. The zero-order valence-corrected chi connectivity index (χ0v) is 12.6. The maximum absolute atomic E-state index is 11.2. The minimum atomic E-state index is -1.13. The van der Waals surface area contributed by atoms with Crippen molar-refractivity contribution in [3.05, 3.63) is 64.2 Å². The van der Waals surface area contributed by atoms with Gasteiger partial charge in [0.1, 0.15) is 4.99 Å². The molecule has 0 bridgehead atoms. The standard InChI is InChI=1S/C15H10ClNO4S/c16-12-7-8(5-6-11(12)15(20)21)17-13(22)9-3-1-2-4-10(9)14(18)19/h1-7H,(H,17,22)(H,18,19)(H,20,21). The average Bonchev–Trinajstić information content (AvgIpc) is 2.46. The number of nitrogens with one attached hydrogen (secondary N) is 1. The molecule has 0 aliphatic rings. The summed E-state index contributed by atoms with van der Waals surface area (Å²) in [6, 6.07) is 10.6. The van der Waals surface area contributed by atoms with Gasteiger partial charge in [0.25, 0.3) is 0 Å². The molecule has 112 valence electrons. The number of hydrogen-bond donors (Lipinski definition) is 3. The molecule has 0 aliphatic heterocycles. The van der Waals surface area contributed by atoms with Crippen LogP contribution in [0, 0.1) is 0 Å². The van der Waals surface area contributed by atoms with Gasteiger partial charge in [-0.25, -0.2) is 9.59 Å².